The number of aryl methyl sites for hydroxylation is 1. The average Bonchev–Trinajstić information content (AvgIpc) is 2.93. The van der Waals surface area contributed by atoms with Gasteiger partial charge in [0.25, 0.3) is 0 Å². The monoisotopic (exact) mass is 296 g/mol. The van der Waals surface area contributed by atoms with Crippen LogP contribution in [0, 0.1) is 5.92 Å². The molecule has 1 aliphatic rings. The van der Waals surface area contributed by atoms with Crippen LogP contribution in [-0.2, 0) is 13.0 Å². The molecule has 0 amide bonds. The van der Waals surface area contributed by atoms with Crippen molar-refractivity contribution in [2.75, 3.05) is 6.61 Å². The number of aliphatic hydroxyl groups excluding tert-OH is 1. The minimum Gasteiger partial charge on any atom is -0.448 e. The van der Waals surface area contributed by atoms with Crippen LogP contribution in [0.25, 0.3) is 11.5 Å². The summed E-state index contributed by atoms with van der Waals surface area (Å²) in [6.45, 7) is 1.10. The lowest BCUT2D eigenvalue weighted by Gasteiger charge is -2.21. The van der Waals surface area contributed by atoms with Crippen molar-refractivity contribution in [1.29, 1.82) is 0 Å². The van der Waals surface area contributed by atoms with E-state index in [1.807, 2.05) is 18.3 Å². The fourth-order valence-corrected chi connectivity index (χ4v) is 2.54. The Morgan fingerprint density at radius 2 is 2.41 bits per heavy atom. The summed E-state index contributed by atoms with van der Waals surface area (Å²) < 4.78 is 8.33. The minimum atomic E-state index is 0.249. The Morgan fingerprint density at radius 3 is 3.12 bits per heavy atom. The van der Waals surface area contributed by atoms with Gasteiger partial charge in [0.2, 0.25) is 0 Å². The van der Waals surface area contributed by atoms with Crippen LogP contribution in [0.1, 0.15) is 12.2 Å². The number of rotatable bonds is 2. The van der Waals surface area contributed by atoms with E-state index >= 15 is 0 Å². The molecule has 3 rings (SSSR count). The largest absolute Gasteiger partial charge is 0.448 e. The molecule has 1 aliphatic heterocycles. The van der Waals surface area contributed by atoms with E-state index in [1.54, 1.807) is 0 Å². The number of nitrogens with zero attached hydrogens (tertiary/aromatic N) is 2. The first kappa shape index (κ1) is 11.0. The molecule has 0 saturated heterocycles. The highest BCUT2D eigenvalue weighted by atomic mass is 79.9. The van der Waals surface area contributed by atoms with Gasteiger partial charge in [0.1, 0.15) is 11.5 Å². The lowest BCUT2D eigenvalue weighted by atomic mass is 10.0. The predicted molar refractivity (Wildman–Crippen MR) is 66.5 cm³/mol. The molecule has 1 N–H and O–H groups in total. The number of fused-ring (bicyclic) bond motifs is 1. The Hall–Kier alpha value is -1.07. The summed E-state index contributed by atoms with van der Waals surface area (Å²) in [6, 6.07) is 3.77. The molecule has 3 heterocycles. The van der Waals surface area contributed by atoms with Crippen LogP contribution < -0.4 is 0 Å². The number of halogens is 1. The Morgan fingerprint density at radius 1 is 1.53 bits per heavy atom. The van der Waals surface area contributed by atoms with Crippen molar-refractivity contribution in [3.8, 4) is 11.5 Å². The first-order chi connectivity index (χ1) is 8.26. The van der Waals surface area contributed by atoms with Crippen LogP contribution in [0.2, 0.25) is 0 Å². The van der Waals surface area contributed by atoms with Gasteiger partial charge < -0.3 is 14.1 Å². The summed E-state index contributed by atoms with van der Waals surface area (Å²) >= 11 is 3.29. The summed E-state index contributed by atoms with van der Waals surface area (Å²) in [7, 11) is 0. The second-order valence-electron chi connectivity index (χ2n) is 4.39. The molecule has 90 valence electrons. The highest BCUT2D eigenvalue weighted by molar-refractivity contribution is 9.10. The van der Waals surface area contributed by atoms with Crippen LogP contribution in [0.15, 0.2) is 27.4 Å². The lowest BCUT2D eigenvalue weighted by molar-refractivity contribution is 0.190. The van der Waals surface area contributed by atoms with E-state index in [0.717, 1.165) is 36.7 Å². The summed E-state index contributed by atoms with van der Waals surface area (Å²) in [5.74, 6) is 2.21. The molecule has 0 aromatic carbocycles. The first-order valence-electron chi connectivity index (χ1n) is 5.69. The van der Waals surface area contributed by atoms with E-state index in [-0.39, 0.29) is 6.61 Å². The predicted octanol–water partition coefficient (Wildman–Crippen LogP) is 2.46. The smallest absolute Gasteiger partial charge is 0.169 e. The first-order valence-corrected chi connectivity index (χ1v) is 6.48. The molecule has 0 spiro atoms. The van der Waals surface area contributed by atoms with Gasteiger partial charge in [-0.25, -0.2) is 4.98 Å². The van der Waals surface area contributed by atoms with Gasteiger partial charge in [0.15, 0.2) is 10.4 Å². The van der Waals surface area contributed by atoms with E-state index in [9.17, 15) is 5.11 Å². The maximum atomic E-state index is 9.19. The molecule has 0 radical (unpaired) electrons. The normalized spacial score (nSPS) is 19.3. The molecule has 4 nitrogen and oxygen atoms in total. The van der Waals surface area contributed by atoms with Crippen LogP contribution in [0.5, 0.6) is 0 Å². The Balaban J connectivity index is 1.92. The number of furan rings is 1. The van der Waals surface area contributed by atoms with Crippen LogP contribution in [0.3, 0.4) is 0 Å². The van der Waals surface area contributed by atoms with Crippen molar-refractivity contribution < 1.29 is 9.52 Å². The fourth-order valence-electron chi connectivity index (χ4n) is 2.23. The Bertz CT molecular complexity index is 532. The van der Waals surface area contributed by atoms with Gasteiger partial charge in [-0.1, -0.05) is 0 Å². The third-order valence-corrected chi connectivity index (χ3v) is 3.60. The quantitative estimate of drug-likeness (QED) is 0.926. The summed E-state index contributed by atoms with van der Waals surface area (Å²) in [5, 5.41) is 9.19. The topological polar surface area (TPSA) is 51.2 Å². The van der Waals surface area contributed by atoms with Crippen LogP contribution in [-0.4, -0.2) is 21.3 Å². The van der Waals surface area contributed by atoms with Crippen LogP contribution >= 0.6 is 15.9 Å². The summed E-state index contributed by atoms with van der Waals surface area (Å²) in [5.41, 5.74) is 0.865. The molecular formula is C12H13BrN2O2. The number of aromatic nitrogens is 2. The van der Waals surface area contributed by atoms with Crippen molar-refractivity contribution in [3.05, 3.63) is 28.8 Å². The zero-order chi connectivity index (χ0) is 11.8. The highest BCUT2D eigenvalue weighted by Crippen LogP contribution is 2.27. The van der Waals surface area contributed by atoms with Gasteiger partial charge in [-0.2, -0.15) is 0 Å². The molecule has 0 bridgehead atoms. The van der Waals surface area contributed by atoms with Gasteiger partial charge in [-0.05, 0) is 34.5 Å². The second-order valence-corrected chi connectivity index (χ2v) is 5.17. The van der Waals surface area contributed by atoms with Crippen LogP contribution in [0.4, 0.5) is 0 Å². The Labute approximate surface area is 107 Å². The molecule has 5 heteroatoms. The maximum absolute atomic E-state index is 9.19. The van der Waals surface area contributed by atoms with Gasteiger partial charge in [0, 0.05) is 31.7 Å². The van der Waals surface area contributed by atoms with E-state index in [4.69, 9.17) is 4.42 Å². The number of hydrogen-bond donors (Lipinski definition) is 1. The third kappa shape index (κ3) is 2.05. The molecule has 17 heavy (non-hydrogen) atoms. The number of aliphatic hydroxyl groups is 1. The Kier molecular flexibility index (Phi) is 2.80. The molecule has 2 aromatic rings. The second kappa shape index (κ2) is 4.31. The maximum Gasteiger partial charge on any atom is 0.169 e. The number of hydrogen-bond acceptors (Lipinski definition) is 3. The fraction of sp³-hybridized carbons (Fsp3) is 0.417. The van der Waals surface area contributed by atoms with E-state index in [0.29, 0.717) is 10.6 Å². The highest BCUT2D eigenvalue weighted by Gasteiger charge is 2.20. The van der Waals surface area contributed by atoms with Crippen molar-refractivity contribution in [2.24, 2.45) is 5.92 Å². The third-order valence-electron chi connectivity index (χ3n) is 3.17. The van der Waals surface area contributed by atoms with Gasteiger partial charge >= 0.3 is 0 Å². The van der Waals surface area contributed by atoms with E-state index < -0.39 is 0 Å². The molecule has 0 fully saturated rings. The van der Waals surface area contributed by atoms with Crippen molar-refractivity contribution in [1.82, 2.24) is 9.55 Å². The molecule has 0 aliphatic carbocycles. The van der Waals surface area contributed by atoms with Crippen molar-refractivity contribution >= 4 is 15.9 Å². The lowest BCUT2D eigenvalue weighted by Crippen LogP contribution is -2.22. The SMILES string of the molecule is OCC1CCc2nc(-c3ccc(Br)o3)cn2C1. The van der Waals surface area contributed by atoms with Gasteiger partial charge in [0.05, 0.1) is 0 Å². The zero-order valence-corrected chi connectivity index (χ0v) is 10.9. The minimum absolute atomic E-state index is 0.249. The van der Waals surface area contributed by atoms with Crippen molar-refractivity contribution in [2.45, 2.75) is 19.4 Å². The van der Waals surface area contributed by atoms with E-state index in [1.165, 1.54) is 0 Å². The molecule has 2 aromatic heterocycles. The summed E-state index contributed by atoms with van der Waals surface area (Å²) in [4.78, 5) is 4.57. The number of imidazole rings is 1. The van der Waals surface area contributed by atoms with Gasteiger partial charge in [-0.15, -0.1) is 0 Å². The molecule has 1 atom stereocenters. The molecule has 1 unspecified atom stereocenters. The molecule has 0 saturated carbocycles. The summed E-state index contributed by atoms with van der Waals surface area (Å²) in [6.07, 6.45) is 3.93. The van der Waals surface area contributed by atoms with E-state index in [2.05, 4.69) is 25.5 Å². The standard InChI is InChI=1S/C12H13BrN2O2/c13-11-3-2-10(17-11)9-6-15-5-8(7-16)1-4-12(15)14-9/h2-3,6,8,16H,1,4-5,7H2. The zero-order valence-electron chi connectivity index (χ0n) is 9.27. The molecular weight excluding hydrogens is 284 g/mol. The van der Waals surface area contributed by atoms with Gasteiger partial charge in [-0.3, -0.25) is 0 Å². The average molecular weight is 297 g/mol. The van der Waals surface area contributed by atoms with Crippen molar-refractivity contribution in [3.63, 3.8) is 0 Å².